The first-order chi connectivity index (χ1) is 9.60. The molecule has 0 atom stereocenters. The summed E-state index contributed by atoms with van der Waals surface area (Å²) in [6, 6.07) is 5.02. The molecular weight excluding hydrogens is 256 g/mol. The molecule has 0 aliphatic rings. The Balaban J connectivity index is 2.20. The van der Waals surface area contributed by atoms with Gasteiger partial charge in [0.15, 0.2) is 0 Å². The minimum absolute atomic E-state index is 0.00744. The number of esters is 1. The van der Waals surface area contributed by atoms with Gasteiger partial charge in [0.05, 0.1) is 5.69 Å². The van der Waals surface area contributed by atoms with Crippen molar-refractivity contribution in [1.82, 2.24) is 9.38 Å². The molecule has 2 aromatic heterocycles. The predicted octanol–water partition coefficient (Wildman–Crippen LogP) is 2.01. The molecule has 0 radical (unpaired) electrons. The number of carbonyl (C=O) groups excluding carboxylic acids is 1. The molecular formula is C15H16N2O3. The number of rotatable bonds is 4. The molecule has 104 valence electrons. The van der Waals surface area contributed by atoms with Gasteiger partial charge in [-0.05, 0) is 25.0 Å². The van der Waals surface area contributed by atoms with Gasteiger partial charge in [0.2, 0.25) is 0 Å². The number of nitrogens with zero attached hydrogens (tertiary/aromatic N) is 2. The molecule has 0 bridgehead atoms. The molecule has 0 N–H and O–H groups in total. The lowest BCUT2D eigenvalue weighted by Crippen LogP contribution is -2.16. The van der Waals surface area contributed by atoms with Gasteiger partial charge in [-0.3, -0.25) is 9.20 Å². The van der Waals surface area contributed by atoms with E-state index in [-0.39, 0.29) is 12.2 Å². The molecule has 0 fully saturated rings. The van der Waals surface area contributed by atoms with Crippen LogP contribution in [0.25, 0.3) is 5.65 Å². The summed E-state index contributed by atoms with van der Waals surface area (Å²) in [7, 11) is 0. The Morgan fingerprint density at radius 2 is 2.25 bits per heavy atom. The van der Waals surface area contributed by atoms with Crippen molar-refractivity contribution in [2.24, 2.45) is 0 Å². The molecule has 0 unspecified atom stereocenters. The van der Waals surface area contributed by atoms with Crippen LogP contribution in [0.4, 0.5) is 0 Å². The molecule has 20 heavy (non-hydrogen) atoms. The second kappa shape index (κ2) is 6.14. The summed E-state index contributed by atoms with van der Waals surface area (Å²) in [5, 5.41) is 0. The van der Waals surface area contributed by atoms with Crippen molar-refractivity contribution in [2.45, 2.75) is 26.9 Å². The fraction of sp³-hybridized carbons (Fsp3) is 0.267. The number of aromatic nitrogens is 2. The maximum absolute atomic E-state index is 11.9. The van der Waals surface area contributed by atoms with Crippen LogP contribution in [-0.4, -0.2) is 15.4 Å². The summed E-state index contributed by atoms with van der Waals surface area (Å²) < 4.78 is 6.49. The van der Waals surface area contributed by atoms with Crippen LogP contribution in [-0.2, 0) is 16.1 Å². The van der Waals surface area contributed by atoms with E-state index in [1.807, 2.05) is 19.9 Å². The fourth-order valence-electron chi connectivity index (χ4n) is 1.74. The van der Waals surface area contributed by atoms with Gasteiger partial charge in [-0.15, -0.1) is 0 Å². The fourth-order valence-corrected chi connectivity index (χ4v) is 1.74. The van der Waals surface area contributed by atoms with Gasteiger partial charge in [-0.2, -0.15) is 0 Å². The number of hydrogen-bond acceptors (Lipinski definition) is 4. The van der Waals surface area contributed by atoms with Crippen LogP contribution in [0.3, 0.4) is 0 Å². The second-order valence-electron chi connectivity index (χ2n) is 4.44. The smallest absolute Gasteiger partial charge is 0.330 e. The molecule has 2 heterocycles. The maximum atomic E-state index is 11.9. The first-order valence-corrected chi connectivity index (χ1v) is 6.42. The third-order valence-electron chi connectivity index (χ3n) is 2.71. The average molecular weight is 272 g/mol. The van der Waals surface area contributed by atoms with Gasteiger partial charge in [-0.1, -0.05) is 19.1 Å². The quantitative estimate of drug-likeness (QED) is 0.631. The summed E-state index contributed by atoms with van der Waals surface area (Å²) in [6.45, 7) is 3.83. The Bertz CT molecular complexity index is 717. The third kappa shape index (κ3) is 3.32. The van der Waals surface area contributed by atoms with Crippen LogP contribution in [0.1, 0.15) is 24.6 Å². The minimum Gasteiger partial charge on any atom is -0.456 e. The van der Waals surface area contributed by atoms with Gasteiger partial charge in [0, 0.05) is 18.3 Å². The number of pyridine rings is 1. The molecule has 0 aliphatic carbocycles. The van der Waals surface area contributed by atoms with E-state index < -0.39 is 5.97 Å². The highest BCUT2D eigenvalue weighted by Crippen LogP contribution is 2.03. The monoisotopic (exact) mass is 272 g/mol. The lowest BCUT2D eigenvalue weighted by atomic mass is 10.3. The molecule has 0 amide bonds. The number of allylic oxidation sites excluding steroid dienone is 1. The number of fused-ring (bicyclic) bond motifs is 1. The van der Waals surface area contributed by atoms with Crippen molar-refractivity contribution in [3.63, 3.8) is 0 Å². The zero-order valence-electron chi connectivity index (χ0n) is 11.5. The number of hydrogen-bond donors (Lipinski definition) is 0. The van der Waals surface area contributed by atoms with E-state index in [0.717, 1.165) is 12.0 Å². The van der Waals surface area contributed by atoms with Crippen LogP contribution in [0, 0.1) is 6.92 Å². The summed E-state index contributed by atoms with van der Waals surface area (Å²) in [4.78, 5) is 27.6. The Kier molecular flexibility index (Phi) is 4.30. The van der Waals surface area contributed by atoms with E-state index in [1.165, 1.54) is 16.5 Å². The Labute approximate surface area is 116 Å². The molecule has 0 saturated carbocycles. The van der Waals surface area contributed by atoms with E-state index in [0.29, 0.717) is 11.3 Å². The van der Waals surface area contributed by atoms with Crippen molar-refractivity contribution >= 4 is 11.6 Å². The SMILES string of the molecule is CC/C=C/C(=O)OCc1cc(=O)n2cc(C)ccc2n1. The van der Waals surface area contributed by atoms with Crippen molar-refractivity contribution in [1.29, 1.82) is 0 Å². The van der Waals surface area contributed by atoms with Gasteiger partial charge >= 0.3 is 5.97 Å². The molecule has 0 spiro atoms. The van der Waals surface area contributed by atoms with E-state index in [9.17, 15) is 9.59 Å². The van der Waals surface area contributed by atoms with Gasteiger partial charge in [0.25, 0.3) is 5.56 Å². The number of carbonyl (C=O) groups is 1. The number of ether oxygens (including phenoxy) is 1. The number of aryl methyl sites for hydroxylation is 1. The van der Waals surface area contributed by atoms with Gasteiger partial charge < -0.3 is 4.74 Å². The molecule has 0 aliphatic heterocycles. The molecule has 2 aromatic rings. The van der Waals surface area contributed by atoms with Crippen molar-refractivity contribution in [3.8, 4) is 0 Å². The zero-order chi connectivity index (χ0) is 14.5. The standard InChI is InChI=1S/C15H16N2O3/c1-3-4-5-15(19)20-10-12-8-14(18)17-9-11(2)6-7-13(17)16-12/h4-9H,3,10H2,1-2H3/b5-4+. The second-order valence-corrected chi connectivity index (χ2v) is 4.44. The van der Waals surface area contributed by atoms with Crippen LogP contribution < -0.4 is 5.56 Å². The van der Waals surface area contributed by atoms with E-state index in [4.69, 9.17) is 4.74 Å². The van der Waals surface area contributed by atoms with Crippen molar-refractivity contribution < 1.29 is 9.53 Å². The Hall–Kier alpha value is -2.43. The summed E-state index contributed by atoms with van der Waals surface area (Å²) in [5.74, 6) is -0.433. The normalized spacial score (nSPS) is 11.1. The summed E-state index contributed by atoms with van der Waals surface area (Å²) >= 11 is 0. The van der Waals surface area contributed by atoms with E-state index >= 15 is 0 Å². The highest BCUT2D eigenvalue weighted by Gasteiger charge is 2.04. The lowest BCUT2D eigenvalue weighted by Gasteiger charge is -2.05. The van der Waals surface area contributed by atoms with Crippen molar-refractivity contribution in [3.05, 3.63) is 58.2 Å². The average Bonchev–Trinajstić information content (AvgIpc) is 2.43. The third-order valence-corrected chi connectivity index (χ3v) is 2.71. The lowest BCUT2D eigenvalue weighted by molar-refractivity contribution is -0.139. The van der Waals surface area contributed by atoms with Crippen molar-refractivity contribution in [2.75, 3.05) is 0 Å². The zero-order valence-corrected chi connectivity index (χ0v) is 11.5. The minimum atomic E-state index is -0.433. The molecule has 5 heteroatoms. The largest absolute Gasteiger partial charge is 0.456 e. The van der Waals surface area contributed by atoms with Gasteiger partial charge in [-0.25, -0.2) is 9.78 Å². The first kappa shape index (κ1) is 14.0. The Morgan fingerprint density at radius 3 is 3.00 bits per heavy atom. The summed E-state index contributed by atoms with van der Waals surface area (Å²) in [6.07, 6.45) is 5.58. The molecule has 5 nitrogen and oxygen atoms in total. The molecule has 2 rings (SSSR count). The van der Waals surface area contributed by atoms with Crippen LogP contribution in [0.2, 0.25) is 0 Å². The predicted molar refractivity (Wildman–Crippen MR) is 75.4 cm³/mol. The highest BCUT2D eigenvalue weighted by molar-refractivity contribution is 5.81. The molecule has 0 saturated heterocycles. The van der Waals surface area contributed by atoms with Gasteiger partial charge in [0.1, 0.15) is 12.3 Å². The van der Waals surface area contributed by atoms with Crippen LogP contribution >= 0.6 is 0 Å². The Morgan fingerprint density at radius 1 is 1.45 bits per heavy atom. The summed E-state index contributed by atoms with van der Waals surface area (Å²) in [5.41, 5.74) is 1.77. The topological polar surface area (TPSA) is 60.7 Å². The molecule has 0 aromatic carbocycles. The van der Waals surface area contributed by atoms with Crippen LogP contribution in [0.15, 0.2) is 41.3 Å². The van der Waals surface area contributed by atoms with E-state index in [2.05, 4.69) is 4.98 Å². The maximum Gasteiger partial charge on any atom is 0.330 e. The van der Waals surface area contributed by atoms with E-state index in [1.54, 1.807) is 18.3 Å². The van der Waals surface area contributed by atoms with Crippen LogP contribution in [0.5, 0.6) is 0 Å². The first-order valence-electron chi connectivity index (χ1n) is 6.42. The highest BCUT2D eigenvalue weighted by atomic mass is 16.5.